The molecule has 0 unspecified atom stereocenters. The zero-order valence-electron chi connectivity index (χ0n) is 12.1. The molecule has 0 spiro atoms. The number of carbonyl (C=O) groups is 2. The molecule has 4 heteroatoms. The second-order valence-electron chi connectivity index (χ2n) is 5.39. The summed E-state index contributed by atoms with van der Waals surface area (Å²) in [6.07, 6.45) is 1.98. The van der Waals surface area contributed by atoms with Crippen LogP contribution < -0.4 is 0 Å². The van der Waals surface area contributed by atoms with E-state index in [1.165, 1.54) is 4.90 Å². The van der Waals surface area contributed by atoms with Crippen molar-refractivity contribution in [2.75, 3.05) is 0 Å². The molecule has 18 heavy (non-hydrogen) atoms. The Kier molecular flexibility index (Phi) is 5.17. The summed E-state index contributed by atoms with van der Waals surface area (Å²) in [4.78, 5) is 25.4. The van der Waals surface area contributed by atoms with Crippen LogP contribution in [0.4, 0.5) is 4.79 Å². The molecule has 1 saturated heterocycles. The molecule has 4 atom stereocenters. The molecular formula is C14H25NO3. The molecule has 1 rings (SSSR count). The van der Waals surface area contributed by atoms with Crippen LogP contribution >= 0.6 is 0 Å². The van der Waals surface area contributed by atoms with Crippen LogP contribution in [0.1, 0.15) is 53.9 Å². The SMILES string of the molecule is CC[C@@H](C)C[C@@H](CC)C(=O)N1C(=O)O[C@@H](C)[C@H]1C. The van der Waals surface area contributed by atoms with Gasteiger partial charge in [-0.3, -0.25) is 4.79 Å². The second kappa shape index (κ2) is 6.21. The van der Waals surface area contributed by atoms with Crippen molar-refractivity contribution in [1.29, 1.82) is 0 Å². The van der Waals surface area contributed by atoms with Gasteiger partial charge in [-0.1, -0.05) is 27.2 Å². The Bertz CT molecular complexity index is 316. The molecule has 1 heterocycles. The van der Waals surface area contributed by atoms with Crippen LogP contribution in [0.2, 0.25) is 0 Å². The lowest BCUT2D eigenvalue weighted by Gasteiger charge is -2.24. The Morgan fingerprint density at radius 2 is 1.94 bits per heavy atom. The number of imide groups is 1. The van der Waals surface area contributed by atoms with E-state index in [1.807, 2.05) is 20.8 Å². The minimum atomic E-state index is -0.484. The highest BCUT2D eigenvalue weighted by Crippen LogP contribution is 2.26. The number of carbonyl (C=O) groups excluding carboxylic acids is 2. The smallest absolute Gasteiger partial charge is 0.417 e. The van der Waals surface area contributed by atoms with Gasteiger partial charge in [0.25, 0.3) is 0 Å². The quantitative estimate of drug-likeness (QED) is 0.758. The summed E-state index contributed by atoms with van der Waals surface area (Å²) in [5.74, 6) is 0.366. The molecule has 2 amide bonds. The zero-order chi connectivity index (χ0) is 13.9. The van der Waals surface area contributed by atoms with Gasteiger partial charge in [0.2, 0.25) is 5.91 Å². The van der Waals surface area contributed by atoms with E-state index in [0.717, 1.165) is 19.3 Å². The van der Waals surface area contributed by atoms with Crippen molar-refractivity contribution in [3.8, 4) is 0 Å². The van der Waals surface area contributed by atoms with Crippen LogP contribution in [-0.4, -0.2) is 29.0 Å². The van der Waals surface area contributed by atoms with Crippen molar-refractivity contribution in [3.05, 3.63) is 0 Å². The average molecular weight is 255 g/mol. The molecule has 0 N–H and O–H groups in total. The lowest BCUT2D eigenvalue weighted by atomic mass is 9.90. The molecule has 0 aliphatic carbocycles. The van der Waals surface area contributed by atoms with E-state index in [9.17, 15) is 9.59 Å². The van der Waals surface area contributed by atoms with E-state index in [0.29, 0.717) is 5.92 Å². The van der Waals surface area contributed by atoms with Crippen molar-refractivity contribution >= 4 is 12.0 Å². The van der Waals surface area contributed by atoms with Crippen molar-refractivity contribution in [2.24, 2.45) is 11.8 Å². The van der Waals surface area contributed by atoms with Crippen LogP contribution in [0, 0.1) is 11.8 Å². The minimum absolute atomic E-state index is 0.0692. The first-order chi connectivity index (χ1) is 8.42. The summed E-state index contributed by atoms with van der Waals surface area (Å²) < 4.78 is 5.10. The summed E-state index contributed by atoms with van der Waals surface area (Å²) >= 11 is 0. The maximum absolute atomic E-state index is 12.4. The van der Waals surface area contributed by atoms with Gasteiger partial charge in [0.05, 0.1) is 6.04 Å². The number of rotatable bonds is 5. The molecule has 1 fully saturated rings. The lowest BCUT2D eigenvalue weighted by molar-refractivity contribution is -0.134. The highest BCUT2D eigenvalue weighted by molar-refractivity contribution is 5.94. The fraction of sp³-hybridized carbons (Fsp3) is 0.857. The summed E-state index contributed by atoms with van der Waals surface area (Å²) in [7, 11) is 0. The minimum Gasteiger partial charge on any atom is -0.444 e. The normalized spacial score (nSPS) is 26.9. The van der Waals surface area contributed by atoms with Gasteiger partial charge in [-0.15, -0.1) is 0 Å². The van der Waals surface area contributed by atoms with Gasteiger partial charge in [0.1, 0.15) is 6.10 Å². The molecule has 104 valence electrons. The van der Waals surface area contributed by atoms with Crippen molar-refractivity contribution in [2.45, 2.75) is 66.0 Å². The zero-order valence-corrected chi connectivity index (χ0v) is 12.1. The molecule has 1 aliphatic heterocycles. The molecular weight excluding hydrogens is 230 g/mol. The number of hydrogen-bond acceptors (Lipinski definition) is 3. The van der Waals surface area contributed by atoms with Gasteiger partial charge in [-0.05, 0) is 32.6 Å². The average Bonchev–Trinajstić information content (AvgIpc) is 2.59. The predicted molar refractivity (Wildman–Crippen MR) is 70.1 cm³/mol. The maximum atomic E-state index is 12.4. The molecule has 0 radical (unpaired) electrons. The Morgan fingerprint density at radius 3 is 2.33 bits per heavy atom. The van der Waals surface area contributed by atoms with Crippen molar-refractivity contribution < 1.29 is 14.3 Å². The first kappa shape index (κ1) is 15.0. The molecule has 4 nitrogen and oxygen atoms in total. The fourth-order valence-electron chi connectivity index (χ4n) is 2.27. The van der Waals surface area contributed by atoms with Gasteiger partial charge in [0.15, 0.2) is 0 Å². The van der Waals surface area contributed by atoms with E-state index in [-0.39, 0.29) is 24.0 Å². The van der Waals surface area contributed by atoms with Crippen LogP contribution in [-0.2, 0) is 9.53 Å². The topological polar surface area (TPSA) is 46.6 Å². The molecule has 1 aliphatic rings. The van der Waals surface area contributed by atoms with Gasteiger partial charge < -0.3 is 4.74 Å². The summed E-state index contributed by atoms with van der Waals surface area (Å²) in [6.45, 7) is 9.95. The lowest BCUT2D eigenvalue weighted by Crippen LogP contribution is -2.42. The molecule has 0 aromatic carbocycles. The van der Waals surface area contributed by atoms with E-state index < -0.39 is 6.09 Å². The number of hydrogen-bond donors (Lipinski definition) is 0. The Morgan fingerprint density at radius 1 is 1.33 bits per heavy atom. The van der Waals surface area contributed by atoms with Gasteiger partial charge in [-0.2, -0.15) is 0 Å². The Hall–Kier alpha value is -1.06. The number of cyclic esters (lactones) is 1. The predicted octanol–water partition coefficient (Wildman–Crippen LogP) is 3.20. The highest BCUT2D eigenvalue weighted by Gasteiger charge is 2.42. The van der Waals surface area contributed by atoms with Gasteiger partial charge >= 0.3 is 6.09 Å². The first-order valence-electron chi connectivity index (χ1n) is 6.95. The van der Waals surface area contributed by atoms with Crippen LogP contribution in [0.5, 0.6) is 0 Å². The standard InChI is InChI=1S/C14H25NO3/c1-6-9(3)8-12(7-2)13(16)15-10(4)11(5)18-14(15)17/h9-12H,6-8H2,1-5H3/t9-,10-,11+,12-/m1/s1. The summed E-state index contributed by atoms with van der Waals surface area (Å²) in [6, 6.07) is -0.156. The van der Waals surface area contributed by atoms with E-state index >= 15 is 0 Å². The third-order valence-electron chi connectivity index (χ3n) is 4.03. The van der Waals surface area contributed by atoms with E-state index in [4.69, 9.17) is 4.74 Å². The Labute approximate surface area is 110 Å². The van der Waals surface area contributed by atoms with Crippen molar-refractivity contribution in [3.63, 3.8) is 0 Å². The number of ether oxygens (including phenoxy) is 1. The molecule has 0 aromatic rings. The first-order valence-corrected chi connectivity index (χ1v) is 6.95. The van der Waals surface area contributed by atoms with Crippen LogP contribution in [0.25, 0.3) is 0 Å². The van der Waals surface area contributed by atoms with Gasteiger partial charge in [-0.25, -0.2) is 9.69 Å². The molecule has 0 aromatic heterocycles. The number of amides is 2. The van der Waals surface area contributed by atoms with E-state index in [1.54, 1.807) is 0 Å². The molecule has 0 bridgehead atoms. The third kappa shape index (κ3) is 3.03. The monoisotopic (exact) mass is 255 g/mol. The van der Waals surface area contributed by atoms with Crippen LogP contribution in [0.3, 0.4) is 0 Å². The largest absolute Gasteiger partial charge is 0.444 e. The summed E-state index contributed by atoms with van der Waals surface area (Å²) in [5.41, 5.74) is 0. The Balaban J connectivity index is 2.75. The number of nitrogens with zero attached hydrogens (tertiary/aromatic N) is 1. The van der Waals surface area contributed by atoms with Crippen LogP contribution in [0.15, 0.2) is 0 Å². The molecule has 0 saturated carbocycles. The maximum Gasteiger partial charge on any atom is 0.417 e. The highest BCUT2D eigenvalue weighted by atomic mass is 16.6. The third-order valence-corrected chi connectivity index (χ3v) is 4.03. The second-order valence-corrected chi connectivity index (χ2v) is 5.39. The van der Waals surface area contributed by atoms with E-state index in [2.05, 4.69) is 13.8 Å². The van der Waals surface area contributed by atoms with Crippen molar-refractivity contribution in [1.82, 2.24) is 4.90 Å². The summed E-state index contributed by atoms with van der Waals surface area (Å²) in [5, 5.41) is 0. The van der Waals surface area contributed by atoms with Gasteiger partial charge in [0, 0.05) is 5.92 Å². The fourth-order valence-corrected chi connectivity index (χ4v) is 2.27.